The Morgan fingerprint density at radius 2 is 1.76 bits per heavy atom. The van der Waals surface area contributed by atoms with Crippen LogP contribution >= 0.6 is 22.7 Å². The van der Waals surface area contributed by atoms with Gasteiger partial charge in [0.1, 0.15) is 0 Å². The summed E-state index contributed by atoms with van der Waals surface area (Å²) in [4.78, 5) is 14.7. The quantitative estimate of drug-likeness (QED) is 0.697. The lowest BCUT2D eigenvalue weighted by atomic mass is 10.1. The van der Waals surface area contributed by atoms with Crippen molar-refractivity contribution in [2.45, 2.75) is 13.8 Å². The number of carbonyl (C=O) groups is 1. The van der Waals surface area contributed by atoms with Crippen LogP contribution in [-0.2, 0) is 0 Å². The molecule has 1 N–H and O–H groups in total. The summed E-state index contributed by atoms with van der Waals surface area (Å²) in [5.74, 6) is -0.890. The zero-order valence-electron chi connectivity index (χ0n) is 11.7. The van der Waals surface area contributed by atoms with E-state index in [1.165, 1.54) is 25.8 Å². The summed E-state index contributed by atoms with van der Waals surface area (Å²) < 4.78 is 0. The highest BCUT2D eigenvalue weighted by Crippen LogP contribution is 2.40. The number of rotatable bonds is 3. The largest absolute Gasteiger partial charge is 0.478 e. The predicted molar refractivity (Wildman–Crippen MR) is 89.5 cm³/mol. The van der Waals surface area contributed by atoms with E-state index in [2.05, 4.69) is 31.4 Å². The minimum atomic E-state index is -0.890. The molecule has 0 saturated heterocycles. The molecule has 2 heterocycles. The molecular formula is C17H14O2S2. The summed E-state index contributed by atoms with van der Waals surface area (Å²) in [5, 5.41) is 11.1. The molecule has 0 bridgehead atoms. The van der Waals surface area contributed by atoms with Crippen LogP contribution in [0.4, 0.5) is 0 Å². The molecule has 0 amide bonds. The second-order valence-electron chi connectivity index (χ2n) is 4.99. The van der Waals surface area contributed by atoms with Crippen LogP contribution in [0.3, 0.4) is 0 Å². The van der Waals surface area contributed by atoms with Crippen LogP contribution in [0.15, 0.2) is 41.8 Å². The van der Waals surface area contributed by atoms with Gasteiger partial charge in [-0.1, -0.05) is 12.1 Å². The van der Waals surface area contributed by atoms with Gasteiger partial charge < -0.3 is 5.11 Å². The molecule has 3 rings (SSSR count). The molecule has 0 aliphatic heterocycles. The molecule has 2 nitrogen and oxygen atoms in total. The SMILES string of the molecule is Cc1csc(-c2sc(-c3ccc(C(=O)O)cc3)cc2C)c1. The molecule has 1 aromatic carbocycles. The summed E-state index contributed by atoms with van der Waals surface area (Å²) in [5.41, 5.74) is 3.93. The minimum Gasteiger partial charge on any atom is -0.478 e. The third-order valence-corrected chi connectivity index (χ3v) is 5.80. The van der Waals surface area contributed by atoms with Gasteiger partial charge in [0.25, 0.3) is 0 Å². The number of carboxylic acid groups (broad SMARTS) is 1. The van der Waals surface area contributed by atoms with E-state index < -0.39 is 5.97 Å². The first-order chi connectivity index (χ1) is 10.0. The Bertz CT molecular complexity index is 795. The first-order valence-corrected chi connectivity index (χ1v) is 8.24. The van der Waals surface area contributed by atoms with Gasteiger partial charge in [-0.3, -0.25) is 0 Å². The van der Waals surface area contributed by atoms with Crippen molar-refractivity contribution in [1.29, 1.82) is 0 Å². The summed E-state index contributed by atoms with van der Waals surface area (Å²) in [7, 11) is 0. The normalized spacial score (nSPS) is 10.8. The van der Waals surface area contributed by atoms with Gasteiger partial charge in [0, 0.05) is 14.6 Å². The van der Waals surface area contributed by atoms with Crippen molar-refractivity contribution < 1.29 is 9.90 Å². The van der Waals surface area contributed by atoms with Gasteiger partial charge in [-0.2, -0.15) is 0 Å². The lowest BCUT2D eigenvalue weighted by molar-refractivity contribution is 0.0697. The van der Waals surface area contributed by atoms with E-state index in [-0.39, 0.29) is 0 Å². The third-order valence-electron chi connectivity index (χ3n) is 3.29. The van der Waals surface area contributed by atoms with Gasteiger partial charge in [0.05, 0.1) is 5.56 Å². The third kappa shape index (κ3) is 2.77. The molecule has 2 aromatic heterocycles. The molecule has 3 aromatic rings. The van der Waals surface area contributed by atoms with Gasteiger partial charge in [0.2, 0.25) is 0 Å². The fraction of sp³-hybridized carbons (Fsp3) is 0.118. The first-order valence-electron chi connectivity index (χ1n) is 6.54. The van der Waals surface area contributed by atoms with Gasteiger partial charge in [-0.05, 0) is 60.2 Å². The maximum absolute atomic E-state index is 10.9. The molecular weight excluding hydrogens is 300 g/mol. The fourth-order valence-corrected chi connectivity index (χ4v) is 4.46. The topological polar surface area (TPSA) is 37.3 Å². The minimum absolute atomic E-state index is 0.320. The zero-order chi connectivity index (χ0) is 15.0. The Morgan fingerprint density at radius 1 is 1.05 bits per heavy atom. The van der Waals surface area contributed by atoms with Gasteiger partial charge >= 0.3 is 5.97 Å². The van der Waals surface area contributed by atoms with E-state index in [1.54, 1.807) is 34.8 Å². The highest BCUT2D eigenvalue weighted by atomic mass is 32.1. The van der Waals surface area contributed by atoms with Crippen molar-refractivity contribution in [2.24, 2.45) is 0 Å². The van der Waals surface area contributed by atoms with Gasteiger partial charge in [0.15, 0.2) is 0 Å². The zero-order valence-corrected chi connectivity index (χ0v) is 13.3. The van der Waals surface area contributed by atoms with Crippen LogP contribution in [0.25, 0.3) is 20.2 Å². The number of thiophene rings is 2. The van der Waals surface area contributed by atoms with Gasteiger partial charge in [-0.25, -0.2) is 4.79 Å². The molecule has 0 fully saturated rings. The van der Waals surface area contributed by atoms with E-state index >= 15 is 0 Å². The Kier molecular flexibility index (Phi) is 3.66. The van der Waals surface area contributed by atoms with Gasteiger partial charge in [-0.15, -0.1) is 22.7 Å². The van der Waals surface area contributed by atoms with Crippen molar-refractivity contribution in [2.75, 3.05) is 0 Å². The number of carboxylic acids is 1. The van der Waals surface area contributed by atoms with Crippen LogP contribution < -0.4 is 0 Å². The Labute approximate surface area is 131 Å². The molecule has 0 aliphatic rings. The fourth-order valence-electron chi connectivity index (χ4n) is 2.20. The highest BCUT2D eigenvalue weighted by molar-refractivity contribution is 7.23. The van der Waals surface area contributed by atoms with Crippen molar-refractivity contribution in [3.8, 4) is 20.2 Å². The molecule has 0 spiro atoms. The number of aryl methyl sites for hydroxylation is 2. The summed E-state index contributed by atoms with van der Waals surface area (Å²) in [6, 6.07) is 11.4. The van der Waals surface area contributed by atoms with Crippen LogP contribution in [0.5, 0.6) is 0 Å². The molecule has 0 aliphatic carbocycles. The van der Waals surface area contributed by atoms with E-state index in [0.29, 0.717) is 5.56 Å². The maximum Gasteiger partial charge on any atom is 0.335 e. The molecule has 0 atom stereocenters. The summed E-state index contributed by atoms with van der Waals surface area (Å²) >= 11 is 3.52. The summed E-state index contributed by atoms with van der Waals surface area (Å²) in [6.45, 7) is 4.23. The van der Waals surface area contributed by atoms with Crippen molar-refractivity contribution in [1.82, 2.24) is 0 Å². The average Bonchev–Trinajstić information content (AvgIpc) is 3.05. The number of benzene rings is 1. The van der Waals surface area contributed by atoms with Crippen LogP contribution in [0.1, 0.15) is 21.5 Å². The standard InChI is InChI=1S/C17H14O2S2/c1-10-7-15(20-9-10)16-11(2)8-14(21-16)12-3-5-13(6-4-12)17(18)19/h3-9H,1-2H3,(H,18,19). The molecule has 21 heavy (non-hydrogen) atoms. The monoisotopic (exact) mass is 314 g/mol. The van der Waals surface area contributed by atoms with Crippen LogP contribution in [0.2, 0.25) is 0 Å². The van der Waals surface area contributed by atoms with Crippen molar-refractivity contribution >= 4 is 28.6 Å². The average molecular weight is 314 g/mol. The number of hydrogen-bond acceptors (Lipinski definition) is 3. The molecule has 106 valence electrons. The second kappa shape index (κ2) is 5.47. The second-order valence-corrected chi connectivity index (χ2v) is 6.96. The number of aromatic carboxylic acids is 1. The first kappa shape index (κ1) is 14.0. The lowest BCUT2D eigenvalue weighted by Crippen LogP contribution is -1.94. The van der Waals surface area contributed by atoms with E-state index in [4.69, 9.17) is 5.11 Å². The summed E-state index contributed by atoms with van der Waals surface area (Å²) in [6.07, 6.45) is 0. The Balaban J connectivity index is 1.98. The van der Waals surface area contributed by atoms with Crippen LogP contribution in [-0.4, -0.2) is 11.1 Å². The predicted octanol–water partition coefficient (Wildman–Crippen LogP) is 5.46. The van der Waals surface area contributed by atoms with Crippen molar-refractivity contribution in [3.63, 3.8) is 0 Å². The maximum atomic E-state index is 10.9. The Hall–Kier alpha value is -1.91. The van der Waals surface area contributed by atoms with E-state index in [1.807, 2.05) is 12.1 Å². The molecule has 0 unspecified atom stereocenters. The lowest BCUT2D eigenvalue weighted by Gasteiger charge is -1.98. The van der Waals surface area contributed by atoms with E-state index in [9.17, 15) is 4.79 Å². The smallest absolute Gasteiger partial charge is 0.335 e. The molecule has 4 heteroatoms. The number of hydrogen-bond donors (Lipinski definition) is 1. The van der Waals surface area contributed by atoms with Crippen LogP contribution in [0, 0.1) is 13.8 Å². The van der Waals surface area contributed by atoms with E-state index in [0.717, 1.165) is 5.56 Å². The molecule has 0 radical (unpaired) electrons. The highest BCUT2D eigenvalue weighted by Gasteiger charge is 2.11. The van der Waals surface area contributed by atoms with Crippen molar-refractivity contribution in [3.05, 3.63) is 58.5 Å². The Morgan fingerprint density at radius 3 is 2.33 bits per heavy atom. The molecule has 0 saturated carbocycles.